The predicted molar refractivity (Wildman–Crippen MR) is 87.1 cm³/mol. The van der Waals surface area contributed by atoms with Crippen molar-refractivity contribution in [1.82, 2.24) is 4.90 Å². The molecule has 1 aromatic carbocycles. The Bertz CT molecular complexity index is 554. The zero-order chi connectivity index (χ0) is 14.1. The minimum Gasteiger partial charge on any atom is -0.372 e. The number of benzene rings is 1. The number of piperidine rings is 1. The standard InChI is InChI=1S/C17H23N3/c1-13-11-15(14(2)20-8-5-4-6-9-20)12-16-17(13)19(3)10-7-18-16/h7,11-12H,2,4-6,8-10H2,1,3H3. The maximum atomic E-state index is 4.57. The third-order valence-electron chi connectivity index (χ3n) is 4.32. The van der Waals surface area contributed by atoms with Crippen molar-refractivity contribution < 1.29 is 0 Å². The van der Waals surface area contributed by atoms with Crippen molar-refractivity contribution in [3.63, 3.8) is 0 Å². The normalized spacial score (nSPS) is 18.1. The summed E-state index contributed by atoms with van der Waals surface area (Å²) in [6.07, 6.45) is 5.89. The van der Waals surface area contributed by atoms with Crippen molar-refractivity contribution in [1.29, 1.82) is 0 Å². The molecule has 3 nitrogen and oxygen atoms in total. The maximum absolute atomic E-state index is 4.57. The first-order valence-electron chi connectivity index (χ1n) is 7.49. The Morgan fingerprint density at radius 1 is 1.20 bits per heavy atom. The number of aryl methyl sites for hydroxylation is 1. The summed E-state index contributed by atoms with van der Waals surface area (Å²) in [5, 5.41) is 0. The first kappa shape index (κ1) is 13.2. The van der Waals surface area contributed by atoms with Crippen LogP contribution in [0.4, 0.5) is 11.4 Å². The van der Waals surface area contributed by atoms with Crippen LogP contribution in [-0.4, -0.2) is 37.8 Å². The van der Waals surface area contributed by atoms with Crippen LogP contribution in [0.5, 0.6) is 0 Å². The lowest BCUT2D eigenvalue weighted by Crippen LogP contribution is -2.28. The van der Waals surface area contributed by atoms with Crippen LogP contribution in [0.15, 0.2) is 23.7 Å². The predicted octanol–water partition coefficient (Wildman–Crippen LogP) is 3.60. The Hall–Kier alpha value is -1.77. The lowest BCUT2D eigenvalue weighted by Gasteiger charge is -2.32. The maximum Gasteiger partial charge on any atom is 0.0869 e. The minimum atomic E-state index is 0.889. The van der Waals surface area contributed by atoms with E-state index >= 15 is 0 Å². The van der Waals surface area contributed by atoms with Gasteiger partial charge in [-0.3, -0.25) is 4.99 Å². The summed E-state index contributed by atoms with van der Waals surface area (Å²) in [4.78, 5) is 9.24. The molecule has 1 saturated heterocycles. The first-order valence-corrected chi connectivity index (χ1v) is 7.49. The number of hydrogen-bond acceptors (Lipinski definition) is 3. The summed E-state index contributed by atoms with van der Waals surface area (Å²) in [5.41, 5.74) is 5.99. The van der Waals surface area contributed by atoms with Gasteiger partial charge >= 0.3 is 0 Å². The summed E-state index contributed by atoms with van der Waals surface area (Å²) < 4.78 is 0. The summed E-state index contributed by atoms with van der Waals surface area (Å²) >= 11 is 0. The van der Waals surface area contributed by atoms with Crippen LogP contribution in [0.25, 0.3) is 5.70 Å². The molecule has 0 saturated carbocycles. The van der Waals surface area contributed by atoms with Crippen molar-refractivity contribution in [3.05, 3.63) is 29.8 Å². The average Bonchev–Trinajstić information content (AvgIpc) is 2.47. The van der Waals surface area contributed by atoms with Gasteiger partial charge in [0.1, 0.15) is 0 Å². The number of rotatable bonds is 2. The number of hydrogen-bond donors (Lipinski definition) is 0. The van der Waals surface area contributed by atoms with E-state index in [4.69, 9.17) is 0 Å². The van der Waals surface area contributed by atoms with Crippen LogP contribution in [0.3, 0.4) is 0 Å². The van der Waals surface area contributed by atoms with Gasteiger partial charge in [-0.05, 0) is 49.4 Å². The van der Waals surface area contributed by atoms with E-state index in [0.717, 1.165) is 31.0 Å². The fourth-order valence-corrected chi connectivity index (χ4v) is 3.22. The molecule has 106 valence electrons. The molecule has 0 aromatic heterocycles. The van der Waals surface area contributed by atoms with Crippen LogP contribution in [0.1, 0.15) is 30.4 Å². The van der Waals surface area contributed by atoms with Crippen LogP contribution < -0.4 is 4.90 Å². The highest BCUT2D eigenvalue weighted by Gasteiger charge is 2.18. The van der Waals surface area contributed by atoms with Gasteiger partial charge in [0.05, 0.1) is 17.9 Å². The minimum absolute atomic E-state index is 0.889. The fraction of sp³-hybridized carbons (Fsp3) is 0.471. The summed E-state index contributed by atoms with van der Waals surface area (Å²) in [7, 11) is 2.12. The van der Waals surface area contributed by atoms with E-state index < -0.39 is 0 Å². The third kappa shape index (κ3) is 2.33. The highest BCUT2D eigenvalue weighted by molar-refractivity contribution is 5.85. The second-order valence-electron chi connectivity index (χ2n) is 5.85. The molecule has 20 heavy (non-hydrogen) atoms. The van der Waals surface area contributed by atoms with Crippen molar-refractivity contribution in [2.75, 3.05) is 31.6 Å². The number of fused-ring (bicyclic) bond motifs is 1. The molecule has 2 aliphatic rings. The van der Waals surface area contributed by atoms with E-state index in [0.29, 0.717) is 0 Å². The number of nitrogens with zero attached hydrogens (tertiary/aromatic N) is 3. The topological polar surface area (TPSA) is 18.8 Å². The van der Waals surface area contributed by atoms with Crippen molar-refractivity contribution in [3.8, 4) is 0 Å². The largest absolute Gasteiger partial charge is 0.372 e. The van der Waals surface area contributed by atoms with E-state index in [1.54, 1.807) is 0 Å². The van der Waals surface area contributed by atoms with Crippen LogP contribution in [0.2, 0.25) is 0 Å². The summed E-state index contributed by atoms with van der Waals surface area (Å²) in [5.74, 6) is 0. The quantitative estimate of drug-likeness (QED) is 0.817. The van der Waals surface area contributed by atoms with Gasteiger partial charge in [0.15, 0.2) is 0 Å². The smallest absolute Gasteiger partial charge is 0.0869 e. The van der Waals surface area contributed by atoms with Crippen molar-refractivity contribution in [2.24, 2.45) is 4.99 Å². The van der Waals surface area contributed by atoms with Gasteiger partial charge in [-0.25, -0.2) is 0 Å². The Morgan fingerprint density at radius 2 is 1.95 bits per heavy atom. The molecule has 0 atom stereocenters. The van der Waals surface area contributed by atoms with Crippen molar-refractivity contribution in [2.45, 2.75) is 26.2 Å². The Labute approximate surface area is 121 Å². The average molecular weight is 269 g/mol. The Morgan fingerprint density at radius 3 is 2.70 bits per heavy atom. The molecule has 1 fully saturated rings. The van der Waals surface area contributed by atoms with Gasteiger partial charge in [0.25, 0.3) is 0 Å². The third-order valence-corrected chi connectivity index (χ3v) is 4.32. The highest BCUT2D eigenvalue weighted by atomic mass is 15.1. The number of aliphatic imine (C=N–C) groups is 1. The molecule has 0 amide bonds. The number of anilines is 1. The fourth-order valence-electron chi connectivity index (χ4n) is 3.22. The molecule has 1 aromatic rings. The zero-order valence-corrected chi connectivity index (χ0v) is 12.5. The Balaban J connectivity index is 1.93. The number of likely N-dealkylation sites (tertiary alicyclic amines) is 1. The summed E-state index contributed by atoms with van der Waals surface area (Å²) in [6, 6.07) is 4.44. The molecule has 2 aliphatic heterocycles. The first-order chi connectivity index (χ1) is 9.66. The zero-order valence-electron chi connectivity index (χ0n) is 12.5. The lowest BCUT2D eigenvalue weighted by atomic mass is 10.0. The molecular weight excluding hydrogens is 246 g/mol. The van der Waals surface area contributed by atoms with Gasteiger partial charge in [-0.15, -0.1) is 0 Å². The molecule has 2 heterocycles. The van der Waals surface area contributed by atoms with E-state index in [1.807, 2.05) is 6.21 Å². The van der Waals surface area contributed by atoms with Gasteiger partial charge in [-0.2, -0.15) is 0 Å². The van der Waals surface area contributed by atoms with Gasteiger partial charge in [0, 0.05) is 32.0 Å². The van der Waals surface area contributed by atoms with Crippen molar-refractivity contribution >= 4 is 23.3 Å². The second-order valence-corrected chi connectivity index (χ2v) is 5.85. The van der Waals surface area contributed by atoms with E-state index in [1.165, 1.54) is 36.1 Å². The molecule has 0 aliphatic carbocycles. The van der Waals surface area contributed by atoms with Crippen LogP contribution in [0, 0.1) is 6.92 Å². The lowest BCUT2D eigenvalue weighted by molar-refractivity contribution is 0.326. The summed E-state index contributed by atoms with van der Waals surface area (Å²) in [6.45, 7) is 9.65. The highest BCUT2D eigenvalue weighted by Crippen LogP contribution is 2.37. The SMILES string of the molecule is C=C(c1cc(C)c2c(c1)N=CCN2C)N1CCCCC1. The second kappa shape index (κ2) is 5.31. The molecule has 0 bridgehead atoms. The van der Waals surface area contributed by atoms with Gasteiger partial charge in [-0.1, -0.05) is 6.58 Å². The van der Waals surface area contributed by atoms with E-state index in [2.05, 4.69) is 47.5 Å². The molecule has 0 radical (unpaired) electrons. The molecule has 0 spiro atoms. The van der Waals surface area contributed by atoms with E-state index in [9.17, 15) is 0 Å². The molecule has 0 unspecified atom stereocenters. The van der Waals surface area contributed by atoms with Gasteiger partial charge < -0.3 is 9.80 Å². The van der Waals surface area contributed by atoms with Crippen LogP contribution in [-0.2, 0) is 0 Å². The van der Waals surface area contributed by atoms with Gasteiger partial charge in [0.2, 0.25) is 0 Å². The van der Waals surface area contributed by atoms with E-state index in [-0.39, 0.29) is 0 Å². The monoisotopic (exact) mass is 269 g/mol. The Kier molecular flexibility index (Phi) is 3.51. The van der Waals surface area contributed by atoms with Crippen LogP contribution >= 0.6 is 0 Å². The molecule has 3 heteroatoms. The molecular formula is C17H23N3. The molecule has 3 rings (SSSR count). The molecule has 0 N–H and O–H groups in total.